The lowest BCUT2D eigenvalue weighted by molar-refractivity contribution is -0.387. The second-order valence-corrected chi connectivity index (χ2v) is 4.62. The number of H-pyrrole nitrogens is 2. The number of aliphatic hydroxyl groups excluding tert-OH is 2. The van der Waals surface area contributed by atoms with E-state index in [1.54, 1.807) is 0 Å². The average Bonchev–Trinajstić information content (AvgIpc) is 2.56. The first kappa shape index (κ1) is 24.4. The van der Waals surface area contributed by atoms with Gasteiger partial charge in [0.1, 0.15) is 12.2 Å². The first-order chi connectivity index (χ1) is 11.3. The smallest absolute Gasteiger partial charge is 0.176 e. The molecule has 0 amide bonds. The van der Waals surface area contributed by atoms with Crippen LogP contribution in [-0.4, -0.2) is 39.8 Å². The maximum atomic E-state index is 9.63. The van der Waals surface area contributed by atoms with Crippen molar-refractivity contribution in [2.45, 2.75) is 26.1 Å². The molecule has 0 aliphatic heterocycles. The molecule has 0 aliphatic carbocycles. The Balaban J connectivity index is 0. The molecule has 0 radical (unpaired) electrons. The molecule has 9 heteroatoms. The van der Waals surface area contributed by atoms with Gasteiger partial charge in [-0.25, -0.2) is 9.97 Å². The third kappa shape index (κ3) is 12.2. The van der Waals surface area contributed by atoms with Gasteiger partial charge in [-0.15, -0.1) is 0 Å². The highest BCUT2D eigenvalue weighted by molar-refractivity contribution is 5.80. The highest BCUT2D eigenvalue weighted by atomic mass is 16.4. The number of aromatic nitrogens is 2. The third-order valence-electron chi connectivity index (χ3n) is 2.51. The third-order valence-corrected chi connectivity index (χ3v) is 2.51. The minimum absolute atomic E-state index is 0. The molecule has 0 aliphatic rings. The van der Waals surface area contributed by atoms with Crippen molar-refractivity contribution in [1.29, 1.82) is 0 Å². The zero-order valence-corrected chi connectivity index (χ0v) is 13.8. The number of carboxylic acids is 2. The van der Waals surface area contributed by atoms with Crippen molar-refractivity contribution < 1.29 is 45.5 Å². The number of carbonyl (C=O) groups is 2. The molecule has 2 aromatic rings. The molecule has 0 aromatic carbocycles. The number of hydrogen-bond donors (Lipinski definition) is 2. The van der Waals surface area contributed by atoms with E-state index in [0.717, 1.165) is 0 Å². The highest BCUT2D eigenvalue weighted by Crippen LogP contribution is 1.89. The van der Waals surface area contributed by atoms with Crippen LogP contribution in [0.3, 0.4) is 0 Å². The van der Waals surface area contributed by atoms with Gasteiger partial charge >= 0.3 is 0 Å². The molecule has 2 atom stereocenters. The van der Waals surface area contributed by atoms with E-state index in [9.17, 15) is 19.8 Å². The Hall–Kier alpha value is -2.88. The van der Waals surface area contributed by atoms with Gasteiger partial charge in [-0.1, -0.05) is 12.1 Å². The number of aliphatic hydroxyl groups is 2. The largest absolute Gasteiger partial charge is 0.547 e. The summed E-state index contributed by atoms with van der Waals surface area (Å²) < 4.78 is 0. The second-order valence-electron chi connectivity index (χ2n) is 4.62. The lowest BCUT2D eigenvalue weighted by Gasteiger charge is -2.18. The molecule has 2 unspecified atom stereocenters. The number of nitrogens with one attached hydrogen (secondary N) is 2. The van der Waals surface area contributed by atoms with Crippen molar-refractivity contribution in [1.82, 2.24) is 0 Å². The fourth-order valence-corrected chi connectivity index (χ4v) is 1.22. The van der Waals surface area contributed by atoms with E-state index in [0.29, 0.717) is 0 Å². The van der Waals surface area contributed by atoms with Crippen LogP contribution in [0, 0.1) is 13.8 Å². The number of hydrogen-bond acceptors (Lipinski definition) is 6. The van der Waals surface area contributed by atoms with Crippen LogP contribution in [0.1, 0.15) is 11.4 Å². The quantitative estimate of drug-likeness (QED) is 0.566. The Morgan fingerprint density at radius 1 is 0.840 bits per heavy atom. The van der Waals surface area contributed by atoms with E-state index in [1.807, 2.05) is 62.6 Å². The predicted octanol–water partition coefficient (Wildman–Crippen LogP) is -4.00. The van der Waals surface area contributed by atoms with Gasteiger partial charge in [-0.2, -0.15) is 0 Å². The molecule has 2 heterocycles. The van der Waals surface area contributed by atoms with Crippen LogP contribution in [0.4, 0.5) is 0 Å². The minimum atomic E-state index is -2.44. The summed E-state index contributed by atoms with van der Waals surface area (Å²) in [5.41, 5.74) is 2.39. The Kier molecular flexibility index (Phi) is 13.2. The van der Waals surface area contributed by atoms with E-state index in [2.05, 4.69) is 9.97 Å². The zero-order chi connectivity index (χ0) is 18.5. The molecule has 25 heavy (non-hydrogen) atoms. The average molecular weight is 354 g/mol. The summed E-state index contributed by atoms with van der Waals surface area (Å²) in [4.78, 5) is 25.3. The lowest BCUT2D eigenvalue weighted by atomic mass is 10.2. The van der Waals surface area contributed by atoms with Crippen molar-refractivity contribution >= 4 is 11.9 Å². The van der Waals surface area contributed by atoms with Crippen LogP contribution in [0.5, 0.6) is 0 Å². The van der Waals surface area contributed by atoms with Gasteiger partial charge in [0.15, 0.2) is 23.8 Å². The maximum Gasteiger partial charge on any atom is 0.176 e. The summed E-state index contributed by atoms with van der Waals surface area (Å²) >= 11 is 0. The summed E-state index contributed by atoms with van der Waals surface area (Å²) in [6.07, 6.45) is -1.06. The molecule has 0 bridgehead atoms. The predicted molar refractivity (Wildman–Crippen MR) is 81.1 cm³/mol. The Labute approximate surface area is 144 Å². The highest BCUT2D eigenvalue weighted by Gasteiger charge is 2.17. The Morgan fingerprint density at radius 2 is 1.16 bits per heavy atom. The minimum Gasteiger partial charge on any atom is -0.547 e. The van der Waals surface area contributed by atoms with Gasteiger partial charge in [-0.05, 0) is 0 Å². The number of pyridine rings is 2. The number of carbonyl (C=O) groups excluding carboxylic acids is 2. The molecule has 138 valence electrons. The molecule has 2 aromatic heterocycles. The second kappa shape index (κ2) is 13.5. The zero-order valence-electron chi connectivity index (χ0n) is 13.8. The van der Waals surface area contributed by atoms with Crippen LogP contribution >= 0.6 is 0 Å². The summed E-state index contributed by atoms with van der Waals surface area (Å²) in [5.74, 6) is -4.12. The molecule has 6 N–H and O–H groups in total. The first-order valence-corrected chi connectivity index (χ1v) is 6.90. The SMILES string of the molecule is Cc1cccc[nH+]1.Cc1cccc[nH+]1.O.O=C([O-])C(O)C(O)C(=O)[O-]. The standard InChI is InChI=1S/2C6H7N.C4H6O6.H2O/c2*1-6-4-2-3-5-7-6;5-1(3(7)8)2(6)4(9)10;/h2*2-5H,1H3;1-2,5-6H,(H,7,8)(H,9,10);1H2. The van der Waals surface area contributed by atoms with Gasteiger partial charge in [-0.3, -0.25) is 0 Å². The monoisotopic (exact) mass is 354 g/mol. The molecule has 9 nitrogen and oxygen atoms in total. The number of carboxylic acid groups (broad SMARTS) is 2. The van der Waals surface area contributed by atoms with E-state index >= 15 is 0 Å². The fourth-order valence-electron chi connectivity index (χ4n) is 1.22. The molecule has 0 fully saturated rings. The van der Waals surface area contributed by atoms with Gasteiger partial charge in [0.05, 0.1) is 11.9 Å². The van der Waals surface area contributed by atoms with Gasteiger partial charge in [0, 0.05) is 38.1 Å². The molecule has 0 spiro atoms. The van der Waals surface area contributed by atoms with Crippen molar-refractivity contribution in [2.75, 3.05) is 0 Å². The van der Waals surface area contributed by atoms with E-state index < -0.39 is 24.1 Å². The van der Waals surface area contributed by atoms with Crippen molar-refractivity contribution in [2.24, 2.45) is 0 Å². The Bertz CT molecular complexity index is 553. The summed E-state index contributed by atoms with van der Waals surface area (Å²) in [6, 6.07) is 12.0. The van der Waals surface area contributed by atoms with Gasteiger partial charge in [0.2, 0.25) is 0 Å². The molecular weight excluding hydrogens is 332 g/mol. The molecule has 2 rings (SSSR count). The molecular formula is C16H22N2O7. The normalized spacial score (nSPS) is 11.2. The number of aryl methyl sites for hydroxylation is 2. The molecule has 0 saturated carbocycles. The van der Waals surface area contributed by atoms with Crippen molar-refractivity contribution in [3.8, 4) is 0 Å². The molecule has 0 saturated heterocycles. The van der Waals surface area contributed by atoms with Crippen molar-refractivity contribution in [3.63, 3.8) is 0 Å². The van der Waals surface area contributed by atoms with E-state index in [1.165, 1.54) is 11.4 Å². The lowest BCUT2D eigenvalue weighted by Crippen LogP contribution is -2.51. The van der Waals surface area contributed by atoms with Crippen LogP contribution < -0.4 is 20.2 Å². The van der Waals surface area contributed by atoms with Gasteiger partial charge in [0.25, 0.3) is 0 Å². The topological polar surface area (TPSA) is 180 Å². The van der Waals surface area contributed by atoms with E-state index in [-0.39, 0.29) is 5.48 Å². The van der Waals surface area contributed by atoms with Crippen molar-refractivity contribution in [3.05, 3.63) is 60.2 Å². The number of aliphatic carboxylic acids is 2. The summed E-state index contributed by atoms with van der Waals surface area (Å²) in [7, 11) is 0. The first-order valence-electron chi connectivity index (χ1n) is 6.90. The van der Waals surface area contributed by atoms with Crippen LogP contribution in [0.2, 0.25) is 0 Å². The van der Waals surface area contributed by atoms with Crippen LogP contribution in [-0.2, 0) is 9.59 Å². The fraction of sp³-hybridized carbons (Fsp3) is 0.250. The maximum absolute atomic E-state index is 9.63. The van der Waals surface area contributed by atoms with E-state index in [4.69, 9.17) is 10.2 Å². The summed E-state index contributed by atoms with van der Waals surface area (Å²) in [5, 5.41) is 35.7. The summed E-state index contributed by atoms with van der Waals surface area (Å²) in [6.45, 7) is 4.06. The van der Waals surface area contributed by atoms with Gasteiger partial charge < -0.3 is 35.5 Å². The van der Waals surface area contributed by atoms with Crippen LogP contribution in [0.15, 0.2) is 48.8 Å². The van der Waals surface area contributed by atoms with Crippen LogP contribution in [0.25, 0.3) is 0 Å². The number of rotatable bonds is 3. The Morgan fingerprint density at radius 3 is 1.28 bits per heavy atom. The number of aromatic amines is 2.